The lowest BCUT2D eigenvalue weighted by atomic mass is 10.4. The zero-order valence-corrected chi connectivity index (χ0v) is 5.71. The van der Waals surface area contributed by atoms with Gasteiger partial charge in [-0.15, -0.1) is 0 Å². The van der Waals surface area contributed by atoms with Crippen LogP contribution in [0.3, 0.4) is 0 Å². The van der Waals surface area contributed by atoms with Crippen molar-refractivity contribution in [1.29, 1.82) is 0 Å². The predicted molar refractivity (Wildman–Crippen MR) is 36.2 cm³/mol. The van der Waals surface area contributed by atoms with Gasteiger partial charge in [0, 0.05) is 19.1 Å². The van der Waals surface area contributed by atoms with Crippen molar-refractivity contribution in [3.8, 4) is 0 Å². The van der Waals surface area contributed by atoms with E-state index >= 15 is 0 Å². The molecule has 50 valence electrons. The molecule has 0 aromatic carbocycles. The first-order valence-electron chi connectivity index (χ1n) is 4.17. The third-order valence-electron chi connectivity index (χ3n) is 3.07. The largest absolute Gasteiger partial charge is 0.300 e. The monoisotopic (exact) mass is 123 g/mol. The third-order valence-corrected chi connectivity index (χ3v) is 3.07. The maximum Gasteiger partial charge on any atom is 0.00966 e. The van der Waals surface area contributed by atoms with E-state index in [0.29, 0.717) is 0 Å². The Morgan fingerprint density at radius 1 is 1.00 bits per heavy atom. The Hall–Kier alpha value is -0.0400. The minimum atomic E-state index is 1.04. The van der Waals surface area contributed by atoms with Crippen LogP contribution in [0.4, 0.5) is 0 Å². The molecule has 0 amide bonds. The molecule has 0 N–H and O–H groups in total. The topological polar surface area (TPSA) is 3.24 Å². The second kappa shape index (κ2) is 1.34. The molecule has 0 bridgehead atoms. The van der Waals surface area contributed by atoms with Gasteiger partial charge in [0.1, 0.15) is 0 Å². The highest BCUT2D eigenvalue weighted by molar-refractivity contribution is 5.01. The summed E-state index contributed by atoms with van der Waals surface area (Å²) < 4.78 is 0. The summed E-state index contributed by atoms with van der Waals surface area (Å²) in [5, 5.41) is 0. The lowest BCUT2D eigenvalue weighted by Gasteiger charge is -2.15. The van der Waals surface area contributed by atoms with Crippen LogP contribution >= 0.6 is 0 Å². The van der Waals surface area contributed by atoms with Crippen molar-refractivity contribution in [2.75, 3.05) is 13.1 Å². The minimum Gasteiger partial charge on any atom is -0.300 e. The van der Waals surface area contributed by atoms with Crippen molar-refractivity contribution in [1.82, 2.24) is 4.90 Å². The lowest BCUT2D eigenvalue weighted by Crippen LogP contribution is -2.24. The summed E-state index contributed by atoms with van der Waals surface area (Å²) in [4.78, 5) is 2.71. The van der Waals surface area contributed by atoms with Crippen LogP contribution in [0.1, 0.15) is 19.3 Å². The zero-order valence-electron chi connectivity index (χ0n) is 5.71. The number of fused-ring (bicyclic) bond motifs is 1. The molecular formula is C8H13N. The van der Waals surface area contributed by atoms with Crippen molar-refractivity contribution < 1.29 is 0 Å². The molecule has 1 heterocycles. The molecule has 1 heteroatoms. The Morgan fingerprint density at radius 2 is 1.67 bits per heavy atom. The Labute approximate surface area is 56.0 Å². The maximum atomic E-state index is 2.71. The van der Waals surface area contributed by atoms with Crippen LogP contribution in [0.25, 0.3) is 0 Å². The van der Waals surface area contributed by atoms with Crippen LogP contribution in [-0.4, -0.2) is 24.0 Å². The van der Waals surface area contributed by atoms with Crippen LogP contribution < -0.4 is 0 Å². The molecule has 1 saturated heterocycles. The minimum absolute atomic E-state index is 1.04. The number of likely N-dealkylation sites (tertiary alicyclic amines) is 1. The van der Waals surface area contributed by atoms with Crippen molar-refractivity contribution in [2.45, 2.75) is 25.3 Å². The molecule has 1 nitrogen and oxygen atoms in total. The van der Waals surface area contributed by atoms with E-state index in [0.717, 1.165) is 17.9 Å². The summed E-state index contributed by atoms with van der Waals surface area (Å²) in [6, 6.07) is 1.04. The molecule has 3 aliphatic rings. The number of rotatable bonds is 1. The van der Waals surface area contributed by atoms with Gasteiger partial charge in [0.25, 0.3) is 0 Å². The van der Waals surface area contributed by atoms with E-state index in [-0.39, 0.29) is 0 Å². The molecule has 2 saturated carbocycles. The fourth-order valence-corrected chi connectivity index (χ4v) is 2.17. The fraction of sp³-hybridized carbons (Fsp3) is 1.00. The molecule has 0 unspecified atom stereocenters. The Bertz CT molecular complexity index is 130. The number of hydrogen-bond acceptors (Lipinski definition) is 1. The highest BCUT2D eigenvalue weighted by Gasteiger charge is 2.48. The molecule has 0 aromatic rings. The Kier molecular flexibility index (Phi) is 0.704. The molecule has 0 spiro atoms. The van der Waals surface area contributed by atoms with Gasteiger partial charge in [0.05, 0.1) is 0 Å². The summed E-state index contributed by atoms with van der Waals surface area (Å²) in [5.74, 6) is 2.29. The van der Waals surface area contributed by atoms with E-state index in [9.17, 15) is 0 Å². The first-order chi connectivity index (χ1) is 4.43. The van der Waals surface area contributed by atoms with E-state index in [1.54, 1.807) is 6.42 Å². The Morgan fingerprint density at radius 3 is 2.22 bits per heavy atom. The average Bonchev–Trinajstić information content (AvgIpc) is 2.72. The molecule has 2 aliphatic carbocycles. The molecule has 0 aromatic heterocycles. The van der Waals surface area contributed by atoms with Gasteiger partial charge in [-0.3, -0.25) is 4.90 Å². The molecule has 9 heavy (non-hydrogen) atoms. The summed E-state index contributed by atoms with van der Waals surface area (Å²) in [5.41, 5.74) is 0. The fourth-order valence-electron chi connectivity index (χ4n) is 2.17. The summed E-state index contributed by atoms with van der Waals surface area (Å²) >= 11 is 0. The van der Waals surface area contributed by atoms with Crippen LogP contribution in [0.5, 0.6) is 0 Å². The standard InChI is InChI=1S/C8H13N/c1-2-8(1)9-4-6-3-7(6)5-9/h6-8H,1-5H2/t6-,7+. The van der Waals surface area contributed by atoms with Crippen LogP contribution in [-0.2, 0) is 0 Å². The van der Waals surface area contributed by atoms with Crippen molar-refractivity contribution in [3.63, 3.8) is 0 Å². The van der Waals surface area contributed by atoms with Crippen LogP contribution in [0.2, 0.25) is 0 Å². The smallest absolute Gasteiger partial charge is 0.00966 e. The van der Waals surface area contributed by atoms with E-state index in [1.165, 1.54) is 25.9 Å². The normalized spacial score (nSPS) is 49.3. The van der Waals surface area contributed by atoms with Crippen LogP contribution in [0, 0.1) is 11.8 Å². The van der Waals surface area contributed by atoms with Gasteiger partial charge in [-0.1, -0.05) is 0 Å². The van der Waals surface area contributed by atoms with Crippen molar-refractivity contribution in [2.24, 2.45) is 11.8 Å². The summed E-state index contributed by atoms with van der Waals surface area (Å²) in [7, 11) is 0. The SMILES string of the molecule is C1CC1N1C[C@H]2C[C@H]2C1. The molecule has 3 rings (SSSR count). The Balaban J connectivity index is 1.69. The summed E-state index contributed by atoms with van der Waals surface area (Å²) in [6.45, 7) is 2.91. The van der Waals surface area contributed by atoms with E-state index < -0.39 is 0 Å². The van der Waals surface area contributed by atoms with Crippen molar-refractivity contribution >= 4 is 0 Å². The second-order valence-corrected chi connectivity index (χ2v) is 3.94. The van der Waals surface area contributed by atoms with Gasteiger partial charge in [0.2, 0.25) is 0 Å². The number of nitrogens with zero attached hydrogens (tertiary/aromatic N) is 1. The van der Waals surface area contributed by atoms with E-state index in [4.69, 9.17) is 0 Å². The van der Waals surface area contributed by atoms with Gasteiger partial charge in [-0.05, 0) is 31.1 Å². The van der Waals surface area contributed by atoms with Gasteiger partial charge in [-0.2, -0.15) is 0 Å². The van der Waals surface area contributed by atoms with E-state index in [1.807, 2.05) is 0 Å². The first kappa shape index (κ1) is 4.73. The number of piperidine rings is 1. The predicted octanol–water partition coefficient (Wildman–Crippen LogP) is 1.10. The van der Waals surface area contributed by atoms with E-state index in [2.05, 4.69) is 4.90 Å². The second-order valence-electron chi connectivity index (χ2n) is 3.94. The van der Waals surface area contributed by atoms with Gasteiger partial charge < -0.3 is 0 Å². The summed E-state index contributed by atoms with van der Waals surface area (Å²) in [6.07, 6.45) is 4.56. The van der Waals surface area contributed by atoms with Gasteiger partial charge >= 0.3 is 0 Å². The maximum absolute atomic E-state index is 2.71. The quantitative estimate of drug-likeness (QED) is 0.504. The molecule has 3 fully saturated rings. The van der Waals surface area contributed by atoms with Gasteiger partial charge in [0.15, 0.2) is 0 Å². The van der Waals surface area contributed by atoms with Crippen LogP contribution in [0.15, 0.2) is 0 Å². The molecule has 1 aliphatic heterocycles. The molecular weight excluding hydrogens is 110 g/mol. The third kappa shape index (κ3) is 0.644. The number of hydrogen-bond donors (Lipinski definition) is 0. The molecule has 0 radical (unpaired) electrons. The zero-order chi connectivity index (χ0) is 5.84. The van der Waals surface area contributed by atoms with Gasteiger partial charge in [-0.25, -0.2) is 0 Å². The first-order valence-corrected chi connectivity index (χ1v) is 4.17. The average molecular weight is 123 g/mol. The van der Waals surface area contributed by atoms with Crippen molar-refractivity contribution in [3.05, 3.63) is 0 Å². The molecule has 2 atom stereocenters. The highest BCUT2D eigenvalue weighted by Crippen LogP contribution is 2.47. The lowest BCUT2D eigenvalue weighted by molar-refractivity contribution is 0.295. The highest BCUT2D eigenvalue weighted by atomic mass is 15.2.